The van der Waals surface area contributed by atoms with Gasteiger partial charge in [0, 0.05) is 26.2 Å². The number of nitrogens with one attached hydrogen (secondary N) is 1. The van der Waals surface area contributed by atoms with Crippen LogP contribution >= 0.6 is 0 Å². The number of nitrogens with two attached hydrogens (primary N) is 1. The van der Waals surface area contributed by atoms with Crippen molar-refractivity contribution in [1.29, 1.82) is 0 Å². The predicted octanol–water partition coefficient (Wildman–Crippen LogP) is 0.489. The van der Waals surface area contributed by atoms with Crippen molar-refractivity contribution in [2.45, 2.75) is 26.2 Å². The Kier molecular flexibility index (Phi) is 6.29. The molecule has 1 aliphatic heterocycles. The average molecular weight is 241 g/mol. The lowest BCUT2D eigenvalue weighted by atomic mass is 9.97. The van der Waals surface area contributed by atoms with Gasteiger partial charge in [-0.15, -0.1) is 0 Å². The second-order valence-electron chi connectivity index (χ2n) is 5.04. The van der Waals surface area contributed by atoms with Crippen molar-refractivity contribution >= 4 is 5.96 Å². The summed E-state index contributed by atoms with van der Waals surface area (Å²) in [6.45, 7) is 6.28. The van der Waals surface area contributed by atoms with Gasteiger partial charge in [0.2, 0.25) is 5.96 Å². The van der Waals surface area contributed by atoms with Crippen molar-refractivity contribution in [2.24, 2.45) is 16.8 Å². The third-order valence-corrected chi connectivity index (χ3v) is 3.15. The highest BCUT2D eigenvalue weighted by molar-refractivity contribution is 5.79. The van der Waals surface area contributed by atoms with Crippen molar-refractivity contribution in [1.82, 2.24) is 15.2 Å². The molecule has 0 atom stereocenters. The second kappa shape index (κ2) is 7.50. The zero-order chi connectivity index (χ0) is 12.7. The molecule has 0 radical (unpaired) electrons. The topological polar surface area (TPSA) is 56.9 Å². The zero-order valence-corrected chi connectivity index (χ0v) is 11.4. The van der Waals surface area contributed by atoms with Crippen molar-refractivity contribution in [2.75, 3.05) is 40.3 Å². The van der Waals surface area contributed by atoms with Crippen molar-refractivity contribution in [3.8, 4) is 0 Å². The molecule has 1 heterocycles. The lowest BCUT2D eigenvalue weighted by Gasteiger charge is -2.34. The predicted molar refractivity (Wildman–Crippen MR) is 72.8 cm³/mol. The molecule has 0 aliphatic carbocycles. The number of hydrogen-bond acceptors (Lipinski definition) is 3. The minimum Gasteiger partial charge on any atom is -0.342 e. The Morgan fingerprint density at radius 2 is 2.06 bits per heavy atom. The standard InChI is InChI=1S/C12H27N5/c1-4-7-14-12(15-13)17-8-5-11(6-9-17)10-16(2)3/h11H,4-10,13H2,1-3H3,(H,14,15). The van der Waals surface area contributed by atoms with E-state index in [0.29, 0.717) is 0 Å². The van der Waals surface area contributed by atoms with Crippen LogP contribution in [-0.2, 0) is 0 Å². The van der Waals surface area contributed by atoms with Crippen LogP contribution in [0.15, 0.2) is 4.99 Å². The molecule has 0 aromatic heterocycles. The Labute approximate surface area is 105 Å². The number of nitrogens with zero attached hydrogens (tertiary/aromatic N) is 3. The maximum atomic E-state index is 5.53. The van der Waals surface area contributed by atoms with Crippen LogP contribution in [0.3, 0.4) is 0 Å². The van der Waals surface area contributed by atoms with Crippen LogP contribution in [0.2, 0.25) is 0 Å². The Morgan fingerprint density at radius 3 is 2.53 bits per heavy atom. The first kappa shape index (κ1) is 14.3. The van der Waals surface area contributed by atoms with E-state index in [1.165, 1.54) is 19.4 Å². The van der Waals surface area contributed by atoms with E-state index in [0.717, 1.165) is 37.9 Å². The van der Waals surface area contributed by atoms with Gasteiger partial charge in [-0.05, 0) is 39.3 Å². The summed E-state index contributed by atoms with van der Waals surface area (Å²) in [5.41, 5.74) is 2.73. The van der Waals surface area contributed by atoms with Crippen LogP contribution in [0.4, 0.5) is 0 Å². The first-order valence-corrected chi connectivity index (χ1v) is 6.58. The van der Waals surface area contributed by atoms with E-state index < -0.39 is 0 Å². The number of hydrogen-bond donors (Lipinski definition) is 2. The summed E-state index contributed by atoms with van der Waals surface area (Å²) in [6, 6.07) is 0. The summed E-state index contributed by atoms with van der Waals surface area (Å²) in [5.74, 6) is 7.20. The molecule has 1 rings (SSSR count). The molecule has 0 spiro atoms. The molecule has 0 aromatic rings. The molecule has 17 heavy (non-hydrogen) atoms. The van der Waals surface area contributed by atoms with Crippen LogP contribution in [0.1, 0.15) is 26.2 Å². The van der Waals surface area contributed by atoms with E-state index in [-0.39, 0.29) is 0 Å². The van der Waals surface area contributed by atoms with Crippen LogP contribution in [-0.4, -0.2) is 56.0 Å². The molecule has 0 bridgehead atoms. The molecule has 5 nitrogen and oxygen atoms in total. The van der Waals surface area contributed by atoms with Gasteiger partial charge < -0.3 is 9.80 Å². The molecule has 0 saturated carbocycles. The third-order valence-electron chi connectivity index (χ3n) is 3.15. The van der Waals surface area contributed by atoms with Crippen LogP contribution in [0.25, 0.3) is 0 Å². The molecule has 1 saturated heterocycles. The van der Waals surface area contributed by atoms with Gasteiger partial charge in [-0.3, -0.25) is 10.4 Å². The van der Waals surface area contributed by atoms with E-state index in [9.17, 15) is 0 Å². The summed E-state index contributed by atoms with van der Waals surface area (Å²) < 4.78 is 0. The molecule has 3 N–H and O–H groups in total. The highest BCUT2D eigenvalue weighted by Gasteiger charge is 2.21. The third kappa shape index (κ3) is 4.91. The van der Waals surface area contributed by atoms with Gasteiger partial charge in [-0.1, -0.05) is 6.92 Å². The molecule has 100 valence electrons. The van der Waals surface area contributed by atoms with Crippen molar-refractivity contribution < 1.29 is 0 Å². The number of likely N-dealkylation sites (tertiary alicyclic amines) is 1. The van der Waals surface area contributed by atoms with Gasteiger partial charge in [0.25, 0.3) is 0 Å². The van der Waals surface area contributed by atoms with Gasteiger partial charge in [0.15, 0.2) is 0 Å². The van der Waals surface area contributed by atoms with Gasteiger partial charge in [0.05, 0.1) is 0 Å². The van der Waals surface area contributed by atoms with Crippen LogP contribution in [0, 0.1) is 5.92 Å². The van der Waals surface area contributed by atoms with Gasteiger partial charge >= 0.3 is 0 Å². The van der Waals surface area contributed by atoms with Crippen LogP contribution < -0.4 is 11.3 Å². The van der Waals surface area contributed by atoms with E-state index in [1.807, 2.05) is 0 Å². The molecule has 1 aliphatic rings. The van der Waals surface area contributed by atoms with Crippen LogP contribution in [0.5, 0.6) is 0 Å². The number of piperidine rings is 1. The number of hydrazine groups is 1. The van der Waals surface area contributed by atoms with Gasteiger partial charge in [-0.2, -0.15) is 0 Å². The summed E-state index contributed by atoms with van der Waals surface area (Å²) in [4.78, 5) is 9.00. The highest BCUT2D eigenvalue weighted by Crippen LogP contribution is 2.17. The number of rotatable bonds is 4. The van der Waals surface area contributed by atoms with E-state index in [1.54, 1.807) is 0 Å². The molecule has 0 unspecified atom stereocenters. The smallest absolute Gasteiger partial charge is 0.208 e. The Morgan fingerprint density at radius 1 is 1.41 bits per heavy atom. The van der Waals surface area contributed by atoms with Gasteiger partial charge in [0.1, 0.15) is 0 Å². The first-order valence-electron chi connectivity index (χ1n) is 6.58. The lowest BCUT2D eigenvalue weighted by molar-refractivity contribution is 0.215. The fourth-order valence-electron chi connectivity index (χ4n) is 2.30. The van der Waals surface area contributed by atoms with E-state index in [2.05, 4.69) is 41.2 Å². The molecular formula is C12H27N5. The van der Waals surface area contributed by atoms with E-state index in [4.69, 9.17) is 5.84 Å². The molecule has 1 fully saturated rings. The molecule has 5 heteroatoms. The summed E-state index contributed by atoms with van der Waals surface area (Å²) in [7, 11) is 4.28. The lowest BCUT2D eigenvalue weighted by Crippen LogP contribution is -2.49. The maximum Gasteiger partial charge on any atom is 0.208 e. The summed E-state index contributed by atoms with van der Waals surface area (Å²) in [5, 5.41) is 0. The second-order valence-corrected chi connectivity index (χ2v) is 5.04. The quantitative estimate of drug-likeness (QED) is 0.325. The largest absolute Gasteiger partial charge is 0.342 e. The van der Waals surface area contributed by atoms with E-state index >= 15 is 0 Å². The number of aliphatic imine (C=N–C) groups is 1. The Balaban J connectivity index is 2.39. The van der Waals surface area contributed by atoms with Crippen molar-refractivity contribution in [3.05, 3.63) is 0 Å². The fraction of sp³-hybridized carbons (Fsp3) is 0.917. The van der Waals surface area contributed by atoms with Gasteiger partial charge in [-0.25, -0.2) is 5.84 Å². The highest BCUT2D eigenvalue weighted by atomic mass is 15.4. The SMILES string of the molecule is CCCN=C(NN)N1CCC(CN(C)C)CC1. The summed E-state index contributed by atoms with van der Waals surface area (Å²) >= 11 is 0. The normalized spacial score (nSPS) is 18.9. The molecular weight excluding hydrogens is 214 g/mol. The Hall–Kier alpha value is -0.810. The maximum absolute atomic E-state index is 5.53. The minimum atomic E-state index is 0.812. The summed E-state index contributed by atoms with van der Waals surface area (Å²) in [6.07, 6.45) is 3.51. The average Bonchev–Trinajstić information content (AvgIpc) is 2.31. The molecule has 0 aromatic carbocycles. The minimum absolute atomic E-state index is 0.812. The molecule has 0 amide bonds. The first-order chi connectivity index (χ1) is 8.17. The van der Waals surface area contributed by atoms with Crippen molar-refractivity contribution in [3.63, 3.8) is 0 Å². The number of guanidine groups is 1. The fourth-order valence-corrected chi connectivity index (χ4v) is 2.30. The zero-order valence-electron chi connectivity index (χ0n) is 11.4. The monoisotopic (exact) mass is 241 g/mol. The Bertz CT molecular complexity index is 231.